The molecule has 0 atom stereocenters. The van der Waals surface area contributed by atoms with Gasteiger partial charge in [-0.25, -0.2) is 4.68 Å². The zero-order chi connectivity index (χ0) is 13.1. The molecule has 18 heavy (non-hydrogen) atoms. The monoisotopic (exact) mass is 251 g/mol. The van der Waals surface area contributed by atoms with Gasteiger partial charge in [-0.15, -0.1) is 0 Å². The molecule has 0 fully saturated rings. The maximum atomic E-state index is 10.5. The van der Waals surface area contributed by atoms with Crippen LogP contribution in [-0.4, -0.2) is 35.6 Å². The topological polar surface area (TPSA) is 116 Å². The van der Waals surface area contributed by atoms with Crippen molar-refractivity contribution in [2.24, 2.45) is 0 Å². The van der Waals surface area contributed by atoms with Gasteiger partial charge in [-0.3, -0.25) is 19.6 Å². The molecule has 0 aromatic carbocycles. The van der Waals surface area contributed by atoms with Crippen molar-refractivity contribution in [1.29, 1.82) is 0 Å². The van der Waals surface area contributed by atoms with Gasteiger partial charge in [-0.05, 0) is 0 Å². The summed E-state index contributed by atoms with van der Waals surface area (Å²) >= 11 is 0. The number of aryl methyl sites for hydroxylation is 1. The van der Waals surface area contributed by atoms with Crippen LogP contribution in [0.25, 0.3) is 5.69 Å². The Morgan fingerprint density at radius 1 is 1.39 bits per heavy atom. The molecule has 1 N–H and O–H groups in total. The van der Waals surface area contributed by atoms with Crippen molar-refractivity contribution in [2.45, 2.75) is 13.0 Å². The van der Waals surface area contributed by atoms with Gasteiger partial charge in [0, 0.05) is 0 Å². The van der Waals surface area contributed by atoms with E-state index in [4.69, 9.17) is 5.11 Å². The largest absolute Gasteiger partial charge is 0.481 e. The summed E-state index contributed by atoms with van der Waals surface area (Å²) in [5, 5.41) is 26.8. The Balaban J connectivity index is 2.13. The number of aliphatic carboxylic acids is 1. The van der Waals surface area contributed by atoms with Crippen LogP contribution in [-0.2, 0) is 11.3 Å². The molecule has 0 aliphatic heterocycles. The first-order valence-corrected chi connectivity index (χ1v) is 5.00. The third kappa shape index (κ3) is 2.51. The predicted molar refractivity (Wildman–Crippen MR) is 58.3 cm³/mol. The highest BCUT2D eigenvalue weighted by atomic mass is 16.6. The van der Waals surface area contributed by atoms with E-state index in [9.17, 15) is 14.9 Å². The summed E-state index contributed by atoms with van der Waals surface area (Å²) < 4.78 is 2.75. The van der Waals surface area contributed by atoms with Crippen molar-refractivity contribution in [3.05, 3.63) is 34.9 Å². The lowest BCUT2D eigenvalue weighted by atomic mass is 10.4. The van der Waals surface area contributed by atoms with Gasteiger partial charge in [0.25, 0.3) is 0 Å². The van der Waals surface area contributed by atoms with E-state index in [1.165, 1.54) is 21.8 Å². The third-order valence-corrected chi connectivity index (χ3v) is 2.22. The van der Waals surface area contributed by atoms with Crippen LogP contribution in [0.4, 0.5) is 5.69 Å². The van der Waals surface area contributed by atoms with Gasteiger partial charge in [0.1, 0.15) is 18.1 Å². The molecule has 94 valence electrons. The molecule has 0 aliphatic carbocycles. The van der Waals surface area contributed by atoms with E-state index in [-0.39, 0.29) is 18.7 Å². The van der Waals surface area contributed by atoms with Crippen molar-refractivity contribution in [3.63, 3.8) is 0 Å². The fourth-order valence-corrected chi connectivity index (χ4v) is 1.35. The molecule has 0 bridgehead atoms. The Bertz CT molecular complexity index is 587. The van der Waals surface area contributed by atoms with E-state index in [0.717, 1.165) is 6.20 Å². The van der Waals surface area contributed by atoms with Crippen LogP contribution in [0.5, 0.6) is 0 Å². The van der Waals surface area contributed by atoms with E-state index in [1.54, 1.807) is 6.20 Å². The lowest BCUT2D eigenvalue weighted by Gasteiger charge is -1.96. The first-order chi connectivity index (χ1) is 8.56. The van der Waals surface area contributed by atoms with Gasteiger partial charge in [0.05, 0.1) is 30.3 Å². The Labute approximate surface area is 100 Å². The quantitative estimate of drug-likeness (QED) is 0.609. The molecule has 0 amide bonds. The highest BCUT2D eigenvalue weighted by Crippen LogP contribution is 2.12. The molecule has 0 radical (unpaired) electrons. The van der Waals surface area contributed by atoms with Gasteiger partial charge in [-0.1, -0.05) is 0 Å². The molecule has 0 saturated heterocycles. The van der Waals surface area contributed by atoms with Crippen molar-refractivity contribution in [3.8, 4) is 5.69 Å². The maximum Gasteiger partial charge on any atom is 0.307 e. The van der Waals surface area contributed by atoms with E-state index in [0.29, 0.717) is 5.69 Å². The number of carboxylic acid groups (broad SMARTS) is 1. The van der Waals surface area contributed by atoms with Crippen LogP contribution in [0.15, 0.2) is 24.8 Å². The van der Waals surface area contributed by atoms with Gasteiger partial charge >= 0.3 is 11.7 Å². The number of nitro groups is 1. The Morgan fingerprint density at radius 3 is 2.78 bits per heavy atom. The van der Waals surface area contributed by atoms with E-state index >= 15 is 0 Å². The minimum Gasteiger partial charge on any atom is -0.481 e. The number of rotatable bonds is 5. The van der Waals surface area contributed by atoms with Gasteiger partial charge < -0.3 is 5.11 Å². The summed E-state index contributed by atoms with van der Waals surface area (Å²) in [6.45, 7) is 0.235. The predicted octanol–water partition coefficient (Wildman–Crippen LogP) is 0.452. The van der Waals surface area contributed by atoms with Crippen LogP contribution < -0.4 is 0 Å². The smallest absolute Gasteiger partial charge is 0.307 e. The van der Waals surface area contributed by atoms with E-state index in [2.05, 4.69) is 10.2 Å². The summed E-state index contributed by atoms with van der Waals surface area (Å²) in [5.41, 5.74) is 0.418. The second kappa shape index (κ2) is 4.65. The van der Waals surface area contributed by atoms with Crippen LogP contribution in [0.2, 0.25) is 0 Å². The summed E-state index contributed by atoms with van der Waals surface area (Å²) in [6, 6.07) is 0. The molecular formula is C9H9N5O4. The summed E-state index contributed by atoms with van der Waals surface area (Å²) in [5.74, 6) is -0.915. The lowest BCUT2D eigenvalue weighted by molar-refractivity contribution is -0.384. The SMILES string of the molecule is O=C(O)CCn1cc(-n2cc([N+](=O)[O-])cn2)cn1. The summed E-state index contributed by atoms with van der Waals surface area (Å²) in [6.07, 6.45) is 5.38. The maximum absolute atomic E-state index is 10.5. The Kier molecular flexibility index (Phi) is 3.04. The van der Waals surface area contributed by atoms with Crippen LogP contribution >= 0.6 is 0 Å². The van der Waals surface area contributed by atoms with Gasteiger partial charge in [0.15, 0.2) is 0 Å². The number of hydrogen-bond donors (Lipinski definition) is 1. The molecule has 2 heterocycles. The van der Waals surface area contributed by atoms with Crippen molar-refractivity contribution >= 4 is 11.7 Å². The average molecular weight is 251 g/mol. The van der Waals surface area contributed by atoms with Crippen molar-refractivity contribution in [1.82, 2.24) is 19.6 Å². The molecule has 0 spiro atoms. The molecule has 2 aromatic heterocycles. The fraction of sp³-hybridized carbons (Fsp3) is 0.222. The number of hydrogen-bond acceptors (Lipinski definition) is 5. The molecule has 2 rings (SSSR count). The Hall–Kier alpha value is -2.71. The highest BCUT2D eigenvalue weighted by molar-refractivity contribution is 5.66. The zero-order valence-corrected chi connectivity index (χ0v) is 9.13. The first kappa shape index (κ1) is 11.8. The number of nitrogens with zero attached hydrogens (tertiary/aromatic N) is 5. The lowest BCUT2D eigenvalue weighted by Crippen LogP contribution is -2.04. The fourth-order valence-electron chi connectivity index (χ4n) is 1.35. The molecular weight excluding hydrogens is 242 g/mol. The minimum absolute atomic E-state index is 0.0413. The van der Waals surface area contributed by atoms with Gasteiger partial charge in [-0.2, -0.15) is 10.2 Å². The molecule has 2 aromatic rings. The molecule has 0 saturated carbocycles. The second-order valence-electron chi connectivity index (χ2n) is 3.51. The summed E-state index contributed by atoms with van der Waals surface area (Å²) in [4.78, 5) is 20.3. The molecule has 9 heteroatoms. The van der Waals surface area contributed by atoms with Crippen LogP contribution in [0, 0.1) is 10.1 Å². The molecule has 0 unspecified atom stereocenters. The van der Waals surface area contributed by atoms with Crippen molar-refractivity contribution < 1.29 is 14.8 Å². The highest BCUT2D eigenvalue weighted by Gasteiger charge is 2.11. The average Bonchev–Trinajstić information content (AvgIpc) is 2.95. The van der Waals surface area contributed by atoms with E-state index < -0.39 is 10.9 Å². The second-order valence-corrected chi connectivity index (χ2v) is 3.51. The molecule has 9 nitrogen and oxygen atoms in total. The van der Waals surface area contributed by atoms with Crippen LogP contribution in [0.3, 0.4) is 0 Å². The number of carbonyl (C=O) groups is 1. The number of carboxylic acids is 1. The third-order valence-electron chi connectivity index (χ3n) is 2.22. The number of aromatic nitrogens is 4. The minimum atomic E-state index is -0.915. The first-order valence-electron chi connectivity index (χ1n) is 5.00. The standard InChI is InChI=1S/C9H9N5O4/c15-9(16)1-2-12-5-7(3-10-12)13-6-8(4-11-13)14(17)18/h3-6H,1-2H2,(H,15,16). The zero-order valence-electron chi connectivity index (χ0n) is 9.13. The van der Waals surface area contributed by atoms with Crippen molar-refractivity contribution in [2.75, 3.05) is 0 Å². The van der Waals surface area contributed by atoms with Gasteiger partial charge in [0.2, 0.25) is 0 Å². The summed E-state index contributed by atoms with van der Waals surface area (Å²) in [7, 11) is 0. The Morgan fingerprint density at radius 2 is 2.17 bits per heavy atom. The van der Waals surface area contributed by atoms with Crippen LogP contribution in [0.1, 0.15) is 6.42 Å². The molecule has 0 aliphatic rings. The van der Waals surface area contributed by atoms with E-state index in [1.807, 2.05) is 0 Å². The normalized spacial score (nSPS) is 10.4.